The number of ether oxygens (including phenoxy) is 2. The van der Waals surface area contributed by atoms with Crippen LogP contribution in [0, 0.1) is 5.41 Å². The van der Waals surface area contributed by atoms with Gasteiger partial charge in [0, 0.05) is 31.0 Å². The van der Waals surface area contributed by atoms with Gasteiger partial charge in [0.25, 0.3) is 0 Å². The molecular formula is C26H27NO3. The molecular weight excluding hydrogens is 374 g/mol. The lowest BCUT2D eigenvalue weighted by molar-refractivity contribution is 0.0471. The fraction of sp³-hybridized carbons (Fsp3) is 0.346. The summed E-state index contributed by atoms with van der Waals surface area (Å²) in [5, 5.41) is 2.53. The summed E-state index contributed by atoms with van der Waals surface area (Å²) in [6, 6.07) is 25.1. The number of fused-ring (bicyclic) bond motifs is 2. The van der Waals surface area contributed by atoms with Crippen molar-refractivity contribution in [3.05, 3.63) is 83.9 Å². The van der Waals surface area contributed by atoms with E-state index in [0.717, 1.165) is 18.4 Å². The van der Waals surface area contributed by atoms with Crippen LogP contribution in [-0.2, 0) is 21.5 Å². The number of hydrogen-bond donors (Lipinski definition) is 0. The highest BCUT2D eigenvalue weighted by atomic mass is 16.6. The Morgan fingerprint density at radius 2 is 1.77 bits per heavy atom. The minimum absolute atomic E-state index is 0.0335. The van der Waals surface area contributed by atoms with E-state index in [9.17, 15) is 4.79 Å². The van der Waals surface area contributed by atoms with E-state index in [-0.39, 0.29) is 16.9 Å². The molecule has 2 unspecified atom stereocenters. The first kappa shape index (κ1) is 19.1. The number of carbonyl (C=O) groups is 1. The topological polar surface area (TPSA) is 38.8 Å². The van der Waals surface area contributed by atoms with Crippen LogP contribution in [-0.4, -0.2) is 37.8 Å². The molecule has 1 amide bonds. The summed E-state index contributed by atoms with van der Waals surface area (Å²) >= 11 is 0. The van der Waals surface area contributed by atoms with Crippen LogP contribution in [0.5, 0.6) is 0 Å². The number of amides is 1. The van der Waals surface area contributed by atoms with Crippen LogP contribution in [0.25, 0.3) is 10.8 Å². The number of likely N-dealkylation sites (tertiary alicyclic amines) is 1. The molecule has 154 valence electrons. The standard InChI is InChI=1S/C26H27NO3/c1-29-19-25-17-26(25,23-12-11-21-9-5-6-10-22(21)15-23)13-14-27(18-25)24(28)30-16-20-7-3-2-4-8-20/h2-12,15H,13-14,16-19H2,1H3. The maximum absolute atomic E-state index is 12.8. The van der Waals surface area contributed by atoms with E-state index in [1.54, 1.807) is 7.11 Å². The molecule has 0 spiro atoms. The van der Waals surface area contributed by atoms with Gasteiger partial charge in [0.1, 0.15) is 6.61 Å². The predicted octanol–water partition coefficient (Wildman–Crippen LogP) is 5.16. The van der Waals surface area contributed by atoms with Gasteiger partial charge in [-0.25, -0.2) is 4.79 Å². The molecule has 1 aliphatic carbocycles. The SMILES string of the molecule is COCC12CN(C(=O)OCc3ccccc3)CCC1(c1ccc3ccccc3c1)C2. The number of carbonyl (C=O) groups excluding carboxylic acids is 1. The molecule has 5 rings (SSSR count). The van der Waals surface area contributed by atoms with Gasteiger partial charge in [-0.2, -0.15) is 0 Å². The number of piperidine rings is 1. The third kappa shape index (κ3) is 3.16. The van der Waals surface area contributed by atoms with Gasteiger partial charge in [-0.05, 0) is 34.7 Å². The normalized spacial score (nSPS) is 25.0. The Kier molecular flexibility index (Phi) is 4.75. The summed E-state index contributed by atoms with van der Waals surface area (Å²) in [5.41, 5.74) is 2.43. The molecule has 0 bridgehead atoms. The van der Waals surface area contributed by atoms with Crippen LogP contribution in [0.1, 0.15) is 24.0 Å². The van der Waals surface area contributed by atoms with Gasteiger partial charge < -0.3 is 14.4 Å². The van der Waals surface area contributed by atoms with E-state index in [1.807, 2.05) is 35.2 Å². The monoisotopic (exact) mass is 401 g/mol. The number of methoxy groups -OCH3 is 1. The molecule has 1 heterocycles. The maximum Gasteiger partial charge on any atom is 0.410 e. The Morgan fingerprint density at radius 1 is 1.00 bits per heavy atom. The Balaban J connectivity index is 1.34. The van der Waals surface area contributed by atoms with Crippen molar-refractivity contribution < 1.29 is 14.3 Å². The van der Waals surface area contributed by atoms with E-state index in [4.69, 9.17) is 9.47 Å². The Bertz CT molecular complexity index is 1070. The minimum atomic E-state index is -0.228. The molecule has 0 radical (unpaired) electrons. The first-order chi connectivity index (χ1) is 14.7. The predicted molar refractivity (Wildman–Crippen MR) is 117 cm³/mol. The molecule has 3 aromatic rings. The number of hydrogen-bond acceptors (Lipinski definition) is 3. The lowest BCUT2D eigenvalue weighted by Gasteiger charge is -2.37. The molecule has 1 saturated heterocycles. The van der Waals surface area contributed by atoms with Crippen LogP contribution < -0.4 is 0 Å². The van der Waals surface area contributed by atoms with Gasteiger partial charge >= 0.3 is 6.09 Å². The number of nitrogens with zero attached hydrogens (tertiary/aromatic N) is 1. The van der Waals surface area contributed by atoms with E-state index >= 15 is 0 Å². The van der Waals surface area contributed by atoms with Crippen molar-refractivity contribution >= 4 is 16.9 Å². The van der Waals surface area contributed by atoms with Crippen molar-refractivity contribution in [2.24, 2.45) is 5.41 Å². The molecule has 4 heteroatoms. The van der Waals surface area contributed by atoms with Crippen LogP contribution in [0.3, 0.4) is 0 Å². The summed E-state index contributed by atoms with van der Waals surface area (Å²) < 4.78 is 11.2. The Hall–Kier alpha value is -2.85. The average molecular weight is 402 g/mol. The molecule has 0 aromatic heterocycles. The molecule has 2 fully saturated rings. The Labute approximate surface area is 177 Å². The lowest BCUT2D eigenvalue weighted by Crippen LogP contribution is -2.46. The van der Waals surface area contributed by atoms with E-state index in [1.165, 1.54) is 16.3 Å². The zero-order chi connectivity index (χ0) is 20.6. The van der Waals surface area contributed by atoms with Crippen molar-refractivity contribution in [1.29, 1.82) is 0 Å². The summed E-state index contributed by atoms with van der Waals surface area (Å²) in [6.45, 7) is 2.36. The average Bonchev–Trinajstić information content (AvgIpc) is 3.47. The smallest absolute Gasteiger partial charge is 0.410 e. The quantitative estimate of drug-likeness (QED) is 0.593. The van der Waals surface area contributed by atoms with E-state index < -0.39 is 0 Å². The summed E-state index contributed by atoms with van der Waals surface area (Å²) in [6.07, 6.45) is 1.76. The molecule has 1 aliphatic heterocycles. The highest BCUT2D eigenvalue weighted by molar-refractivity contribution is 5.83. The van der Waals surface area contributed by atoms with Crippen molar-refractivity contribution in [3.63, 3.8) is 0 Å². The molecule has 3 aromatic carbocycles. The largest absolute Gasteiger partial charge is 0.445 e. The fourth-order valence-electron chi connectivity index (χ4n) is 5.38. The van der Waals surface area contributed by atoms with Crippen LogP contribution in [0.2, 0.25) is 0 Å². The van der Waals surface area contributed by atoms with Gasteiger partial charge in [-0.1, -0.05) is 72.8 Å². The van der Waals surface area contributed by atoms with Gasteiger partial charge in [0.15, 0.2) is 0 Å². The third-order valence-electron chi connectivity index (χ3n) is 7.02. The summed E-state index contributed by atoms with van der Waals surface area (Å²) in [7, 11) is 1.75. The maximum atomic E-state index is 12.8. The summed E-state index contributed by atoms with van der Waals surface area (Å²) in [4.78, 5) is 14.6. The Morgan fingerprint density at radius 3 is 2.57 bits per heavy atom. The third-order valence-corrected chi connectivity index (χ3v) is 7.02. The molecule has 30 heavy (non-hydrogen) atoms. The fourth-order valence-corrected chi connectivity index (χ4v) is 5.38. The second-order valence-corrected chi connectivity index (χ2v) is 8.75. The molecule has 1 saturated carbocycles. The molecule has 0 N–H and O–H groups in total. The first-order valence-electron chi connectivity index (χ1n) is 10.6. The highest BCUT2D eigenvalue weighted by Crippen LogP contribution is 2.69. The molecule has 2 atom stereocenters. The van der Waals surface area contributed by atoms with Crippen molar-refractivity contribution in [3.8, 4) is 0 Å². The van der Waals surface area contributed by atoms with Gasteiger partial charge in [0.2, 0.25) is 0 Å². The van der Waals surface area contributed by atoms with E-state index in [0.29, 0.717) is 26.3 Å². The number of rotatable bonds is 5. The molecule has 4 nitrogen and oxygen atoms in total. The van der Waals surface area contributed by atoms with Gasteiger partial charge in [-0.15, -0.1) is 0 Å². The van der Waals surface area contributed by atoms with Crippen molar-refractivity contribution in [2.75, 3.05) is 26.8 Å². The lowest BCUT2D eigenvalue weighted by atomic mass is 9.80. The van der Waals surface area contributed by atoms with E-state index in [2.05, 4.69) is 42.5 Å². The van der Waals surface area contributed by atoms with Gasteiger partial charge in [-0.3, -0.25) is 0 Å². The van der Waals surface area contributed by atoms with Crippen molar-refractivity contribution in [2.45, 2.75) is 24.9 Å². The van der Waals surface area contributed by atoms with Crippen LogP contribution in [0.4, 0.5) is 4.79 Å². The zero-order valence-corrected chi connectivity index (χ0v) is 17.3. The van der Waals surface area contributed by atoms with Crippen molar-refractivity contribution in [1.82, 2.24) is 4.90 Å². The highest BCUT2D eigenvalue weighted by Gasteiger charge is 2.70. The molecule has 2 aliphatic rings. The zero-order valence-electron chi connectivity index (χ0n) is 17.3. The van der Waals surface area contributed by atoms with Crippen LogP contribution >= 0.6 is 0 Å². The first-order valence-corrected chi connectivity index (χ1v) is 10.6. The second-order valence-electron chi connectivity index (χ2n) is 8.75. The summed E-state index contributed by atoms with van der Waals surface area (Å²) in [5.74, 6) is 0. The number of benzene rings is 3. The second kappa shape index (κ2) is 7.44. The minimum Gasteiger partial charge on any atom is -0.445 e. The van der Waals surface area contributed by atoms with Crippen LogP contribution in [0.15, 0.2) is 72.8 Å². The van der Waals surface area contributed by atoms with Gasteiger partial charge in [0.05, 0.1) is 6.61 Å².